The molecule has 148 valence electrons. The summed E-state index contributed by atoms with van der Waals surface area (Å²) in [4.78, 5) is 16.1. The van der Waals surface area contributed by atoms with E-state index in [9.17, 15) is 9.18 Å². The molecule has 0 saturated heterocycles. The Morgan fingerprint density at radius 3 is 2.41 bits per heavy atom. The van der Waals surface area contributed by atoms with Crippen LogP contribution in [0.15, 0.2) is 54.6 Å². The lowest BCUT2D eigenvalue weighted by Crippen LogP contribution is -2.45. The number of alkyl halides is 1. The average molecular weight is 411 g/mol. The van der Waals surface area contributed by atoms with Gasteiger partial charge in [0.1, 0.15) is 11.9 Å². The smallest absolute Gasteiger partial charge is 0.217 e. The number of nitrogens with two attached hydrogens (primary N) is 1. The van der Waals surface area contributed by atoms with Crippen molar-refractivity contribution in [3.63, 3.8) is 0 Å². The largest absolute Gasteiger partial charge is 0.370 e. The summed E-state index contributed by atoms with van der Waals surface area (Å²) < 4.78 is 14.0. The van der Waals surface area contributed by atoms with Crippen molar-refractivity contribution in [3.8, 4) is 11.3 Å². The fourth-order valence-electron chi connectivity index (χ4n) is 3.81. The third-order valence-electron chi connectivity index (χ3n) is 5.38. The maximum Gasteiger partial charge on any atom is 0.217 e. The molecule has 1 aromatic heterocycles. The Kier molecular flexibility index (Phi) is 5.28. The summed E-state index contributed by atoms with van der Waals surface area (Å²) in [5.74, 6) is 0.0527. The fraction of sp³-hybridized carbons (Fsp3) is 0.273. The third kappa shape index (κ3) is 3.85. The van der Waals surface area contributed by atoms with Crippen molar-refractivity contribution in [2.75, 3.05) is 0 Å². The number of halogens is 2. The second-order valence-corrected chi connectivity index (χ2v) is 7.79. The quantitative estimate of drug-likeness (QED) is 0.665. The number of primary amides is 1. The number of aryl methyl sites for hydroxylation is 1. The Morgan fingerprint density at radius 2 is 1.79 bits per heavy atom. The molecule has 0 bridgehead atoms. The molecule has 1 aliphatic carbocycles. The predicted molar refractivity (Wildman–Crippen MR) is 109 cm³/mol. The minimum absolute atomic E-state index is 0.150. The highest BCUT2D eigenvalue weighted by molar-refractivity contribution is 6.30. The van der Waals surface area contributed by atoms with Crippen LogP contribution >= 0.6 is 11.6 Å². The molecule has 3 aromatic rings. The van der Waals surface area contributed by atoms with Gasteiger partial charge in [-0.05, 0) is 30.5 Å². The van der Waals surface area contributed by atoms with Crippen molar-refractivity contribution >= 4 is 17.5 Å². The Bertz CT molecular complexity index is 1020. The molecule has 2 N–H and O–H groups in total. The highest BCUT2D eigenvalue weighted by Crippen LogP contribution is 2.49. The van der Waals surface area contributed by atoms with E-state index < -0.39 is 17.5 Å². The number of benzene rings is 2. The summed E-state index contributed by atoms with van der Waals surface area (Å²) in [6.07, 6.45) is 0.152. The number of carbonyl (C=O) groups excluding carboxylic acids is 1. The van der Waals surface area contributed by atoms with Gasteiger partial charge in [0.2, 0.25) is 5.91 Å². The second-order valence-electron chi connectivity index (χ2n) is 7.36. The van der Waals surface area contributed by atoms with E-state index >= 15 is 0 Å². The van der Waals surface area contributed by atoms with E-state index in [2.05, 4.69) is 10.2 Å². The predicted octanol–water partition coefficient (Wildman–Crippen LogP) is 4.03. The van der Waals surface area contributed by atoms with Crippen molar-refractivity contribution in [3.05, 3.63) is 76.7 Å². The van der Waals surface area contributed by atoms with Crippen LogP contribution in [0.25, 0.3) is 11.3 Å². The molecule has 1 amide bonds. The lowest BCUT2D eigenvalue weighted by molar-refractivity contribution is -0.118. The number of hydrogen-bond donors (Lipinski definition) is 1. The van der Waals surface area contributed by atoms with Crippen LogP contribution in [0.3, 0.4) is 0 Å². The molecule has 0 radical (unpaired) electrons. The lowest BCUT2D eigenvalue weighted by atomic mass is 9.62. The van der Waals surface area contributed by atoms with Gasteiger partial charge in [-0.2, -0.15) is 0 Å². The summed E-state index contributed by atoms with van der Waals surface area (Å²) in [6.45, 7) is 0. The highest BCUT2D eigenvalue weighted by atomic mass is 35.5. The van der Waals surface area contributed by atoms with Crippen molar-refractivity contribution in [1.29, 1.82) is 0 Å². The standard InChI is InChI=1S/C22H20ClFN4O/c23-16-8-6-15(7-9-16)22(12-17(24)13-22)21-26-18(10-11-19(25)29)20(27-28-21)14-4-2-1-3-5-14/h1-9,17H,10-13H2,(H2,25,29). The summed E-state index contributed by atoms with van der Waals surface area (Å²) >= 11 is 6.02. The van der Waals surface area contributed by atoms with Gasteiger partial charge in [0.15, 0.2) is 5.82 Å². The first-order valence-corrected chi connectivity index (χ1v) is 9.84. The Balaban J connectivity index is 1.79. The molecule has 0 unspecified atom stereocenters. The zero-order valence-electron chi connectivity index (χ0n) is 15.7. The van der Waals surface area contributed by atoms with Crippen molar-refractivity contribution < 1.29 is 9.18 Å². The monoisotopic (exact) mass is 410 g/mol. The van der Waals surface area contributed by atoms with Crippen molar-refractivity contribution in [2.24, 2.45) is 5.73 Å². The molecule has 0 atom stereocenters. The van der Waals surface area contributed by atoms with Gasteiger partial charge in [0.25, 0.3) is 0 Å². The number of aromatic nitrogens is 3. The van der Waals surface area contributed by atoms with Crippen LogP contribution in [0.5, 0.6) is 0 Å². The van der Waals surface area contributed by atoms with Gasteiger partial charge in [-0.1, -0.05) is 54.1 Å². The van der Waals surface area contributed by atoms with E-state index in [1.54, 1.807) is 12.1 Å². The highest BCUT2D eigenvalue weighted by Gasteiger charge is 2.50. The van der Waals surface area contributed by atoms with Gasteiger partial charge in [-0.15, -0.1) is 10.2 Å². The molecule has 1 aliphatic rings. The molecule has 5 nitrogen and oxygen atoms in total. The van der Waals surface area contributed by atoms with Gasteiger partial charge in [-0.3, -0.25) is 4.79 Å². The zero-order valence-corrected chi connectivity index (χ0v) is 16.4. The number of rotatable bonds is 6. The van der Waals surface area contributed by atoms with E-state index in [1.807, 2.05) is 42.5 Å². The summed E-state index contributed by atoms with van der Waals surface area (Å²) in [5.41, 5.74) is 7.71. The van der Waals surface area contributed by atoms with E-state index in [0.29, 0.717) is 28.7 Å². The second kappa shape index (κ2) is 7.87. The maximum absolute atomic E-state index is 14.0. The van der Waals surface area contributed by atoms with E-state index in [4.69, 9.17) is 22.3 Å². The summed E-state index contributed by atoms with van der Waals surface area (Å²) in [6, 6.07) is 16.9. The van der Waals surface area contributed by atoms with Gasteiger partial charge < -0.3 is 5.73 Å². The summed E-state index contributed by atoms with van der Waals surface area (Å²) in [5, 5.41) is 9.43. The molecule has 29 heavy (non-hydrogen) atoms. The van der Waals surface area contributed by atoms with Crippen LogP contribution in [0.1, 0.15) is 36.3 Å². The minimum Gasteiger partial charge on any atom is -0.370 e. The first kappa shape index (κ1) is 19.5. The Labute approximate surface area is 173 Å². The SMILES string of the molecule is NC(=O)CCc1nc(C2(c3ccc(Cl)cc3)CC(F)C2)nnc1-c1ccccc1. The number of nitrogens with zero attached hydrogens (tertiary/aromatic N) is 3. The van der Waals surface area contributed by atoms with E-state index in [-0.39, 0.29) is 19.3 Å². The fourth-order valence-corrected chi connectivity index (χ4v) is 3.94. The minimum atomic E-state index is -0.919. The van der Waals surface area contributed by atoms with Crippen LogP contribution in [0.4, 0.5) is 4.39 Å². The average Bonchev–Trinajstić information content (AvgIpc) is 2.71. The van der Waals surface area contributed by atoms with Crippen LogP contribution < -0.4 is 5.73 Å². The molecule has 0 spiro atoms. The molecule has 1 fully saturated rings. The molecule has 4 rings (SSSR count). The maximum atomic E-state index is 14.0. The van der Waals surface area contributed by atoms with Gasteiger partial charge >= 0.3 is 0 Å². The Morgan fingerprint density at radius 1 is 1.10 bits per heavy atom. The van der Waals surface area contributed by atoms with Gasteiger partial charge in [-0.25, -0.2) is 9.37 Å². The van der Waals surface area contributed by atoms with E-state index in [0.717, 1.165) is 11.1 Å². The Hall–Kier alpha value is -2.86. The number of amides is 1. The molecule has 2 aromatic carbocycles. The molecule has 1 heterocycles. The normalized spacial score (nSPS) is 20.8. The topological polar surface area (TPSA) is 81.8 Å². The first-order valence-electron chi connectivity index (χ1n) is 9.46. The van der Waals surface area contributed by atoms with Gasteiger partial charge in [0.05, 0.1) is 11.1 Å². The third-order valence-corrected chi connectivity index (χ3v) is 5.63. The number of hydrogen-bond acceptors (Lipinski definition) is 4. The molecular formula is C22H20ClFN4O. The summed E-state index contributed by atoms with van der Waals surface area (Å²) in [7, 11) is 0. The molecular weight excluding hydrogens is 391 g/mol. The molecule has 7 heteroatoms. The van der Waals surface area contributed by atoms with Crippen LogP contribution in [0, 0.1) is 0 Å². The number of carbonyl (C=O) groups is 1. The lowest BCUT2D eigenvalue weighted by Gasteiger charge is -2.43. The van der Waals surface area contributed by atoms with Crippen LogP contribution in [-0.2, 0) is 16.6 Å². The van der Waals surface area contributed by atoms with Gasteiger partial charge in [0, 0.05) is 23.4 Å². The van der Waals surface area contributed by atoms with Crippen LogP contribution in [-0.4, -0.2) is 27.3 Å². The van der Waals surface area contributed by atoms with Crippen molar-refractivity contribution in [1.82, 2.24) is 15.2 Å². The van der Waals surface area contributed by atoms with Crippen LogP contribution in [0.2, 0.25) is 5.02 Å². The molecule has 1 saturated carbocycles. The van der Waals surface area contributed by atoms with E-state index in [1.165, 1.54) is 0 Å². The van der Waals surface area contributed by atoms with Crippen molar-refractivity contribution in [2.45, 2.75) is 37.3 Å². The zero-order chi connectivity index (χ0) is 20.4. The molecule has 0 aliphatic heterocycles. The first-order chi connectivity index (χ1) is 14.0.